The molecule has 90 valence electrons. The van der Waals surface area contributed by atoms with Gasteiger partial charge in [0, 0.05) is 12.2 Å². The molecule has 5 heteroatoms. The summed E-state index contributed by atoms with van der Waals surface area (Å²) in [5, 5.41) is 4.76. The van der Waals surface area contributed by atoms with Gasteiger partial charge in [0.1, 0.15) is 0 Å². The second-order valence-corrected chi connectivity index (χ2v) is 4.40. The first-order chi connectivity index (χ1) is 8.20. The highest BCUT2D eigenvalue weighted by Crippen LogP contribution is 2.15. The van der Waals surface area contributed by atoms with Crippen LogP contribution < -0.4 is 5.73 Å². The van der Waals surface area contributed by atoms with Crippen molar-refractivity contribution in [3.05, 3.63) is 41.3 Å². The van der Waals surface area contributed by atoms with Crippen molar-refractivity contribution in [3.8, 4) is 5.82 Å². The molecular weight excluding hydrogens is 236 g/mol. The van der Waals surface area contributed by atoms with Gasteiger partial charge in [-0.05, 0) is 24.5 Å². The second-order valence-electron chi connectivity index (χ2n) is 3.96. The van der Waals surface area contributed by atoms with Crippen molar-refractivity contribution in [1.82, 2.24) is 14.8 Å². The first-order valence-electron chi connectivity index (χ1n) is 5.60. The number of nitrogens with zero attached hydrogens (tertiary/aromatic N) is 3. The van der Waals surface area contributed by atoms with Crippen LogP contribution in [0.3, 0.4) is 0 Å². The molecule has 0 aliphatic heterocycles. The molecule has 0 amide bonds. The fraction of sp³-hybridized carbons (Fsp3) is 0.333. The Morgan fingerprint density at radius 3 is 3.00 bits per heavy atom. The van der Waals surface area contributed by atoms with E-state index in [0.29, 0.717) is 5.02 Å². The summed E-state index contributed by atoms with van der Waals surface area (Å²) in [7, 11) is 0. The van der Waals surface area contributed by atoms with Crippen LogP contribution in [-0.2, 0) is 6.42 Å². The van der Waals surface area contributed by atoms with Gasteiger partial charge in [-0.15, -0.1) is 0 Å². The molecule has 0 aliphatic rings. The Balaban J connectivity index is 2.33. The summed E-state index contributed by atoms with van der Waals surface area (Å²) in [6, 6.07) is 4.07. The van der Waals surface area contributed by atoms with Crippen LogP contribution in [0.15, 0.2) is 30.7 Å². The first kappa shape index (κ1) is 12.1. The van der Waals surface area contributed by atoms with Gasteiger partial charge in [0.25, 0.3) is 0 Å². The minimum absolute atomic E-state index is 0.143. The fourth-order valence-corrected chi connectivity index (χ4v) is 1.78. The van der Waals surface area contributed by atoms with E-state index in [2.05, 4.69) is 17.0 Å². The first-order valence-corrected chi connectivity index (χ1v) is 5.98. The van der Waals surface area contributed by atoms with E-state index in [4.69, 9.17) is 17.3 Å². The van der Waals surface area contributed by atoms with Crippen LogP contribution in [0, 0.1) is 0 Å². The Labute approximate surface area is 105 Å². The Bertz CT molecular complexity index is 495. The maximum atomic E-state index is 5.97. The van der Waals surface area contributed by atoms with Crippen LogP contribution in [0.25, 0.3) is 5.82 Å². The molecule has 2 aromatic heterocycles. The van der Waals surface area contributed by atoms with Crippen molar-refractivity contribution in [2.24, 2.45) is 5.73 Å². The van der Waals surface area contributed by atoms with Crippen LogP contribution in [0.4, 0.5) is 0 Å². The minimum atomic E-state index is 0.143. The quantitative estimate of drug-likeness (QED) is 0.905. The van der Waals surface area contributed by atoms with Crippen molar-refractivity contribution in [3.63, 3.8) is 0 Å². The van der Waals surface area contributed by atoms with Crippen LogP contribution in [0.5, 0.6) is 0 Å². The van der Waals surface area contributed by atoms with Gasteiger partial charge in [-0.1, -0.05) is 24.6 Å². The Kier molecular flexibility index (Phi) is 3.76. The largest absolute Gasteiger partial charge is 0.327 e. The molecule has 0 saturated heterocycles. The molecule has 2 N–H and O–H groups in total. The van der Waals surface area contributed by atoms with Gasteiger partial charge in [-0.3, -0.25) is 0 Å². The molecule has 2 aromatic rings. The van der Waals surface area contributed by atoms with Crippen molar-refractivity contribution >= 4 is 11.6 Å². The Hall–Kier alpha value is -1.39. The van der Waals surface area contributed by atoms with Crippen molar-refractivity contribution < 1.29 is 0 Å². The third-order valence-electron chi connectivity index (χ3n) is 2.64. The number of aromatic nitrogens is 3. The molecule has 2 rings (SSSR count). The lowest BCUT2D eigenvalue weighted by Gasteiger charge is -2.12. The smallest absolute Gasteiger partial charge is 0.156 e. The summed E-state index contributed by atoms with van der Waals surface area (Å²) in [4.78, 5) is 4.34. The number of pyridine rings is 1. The molecule has 0 saturated carbocycles. The molecule has 0 aliphatic carbocycles. The Morgan fingerprint density at radius 2 is 2.35 bits per heavy atom. The standard InChI is InChI=1S/C12H15ClN4/c1-2-11(14)6-9-4-3-5-15-12(9)17-8-10(13)7-16-17/h3-5,7-8,11H,2,6,14H2,1H3. The normalized spacial score (nSPS) is 12.6. The van der Waals surface area contributed by atoms with Crippen LogP contribution in [-0.4, -0.2) is 20.8 Å². The highest BCUT2D eigenvalue weighted by atomic mass is 35.5. The lowest BCUT2D eigenvalue weighted by atomic mass is 10.1. The van der Waals surface area contributed by atoms with E-state index in [-0.39, 0.29) is 6.04 Å². The molecule has 17 heavy (non-hydrogen) atoms. The number of nitrogens with two attached hydrogens (primary N) is 1. The highest BCUT2D eigenvalue weighted by molar-refractivity contribution is 6.30. The third-order valence-corrected chi connectivity index (χ3v) is 2.84. The van der Waals surface area contributed by atoms with Crippen LogP contribution in [0.2, 0.25) is 5.02 Å². The topological polar surface area (TPSA) is 56.7 Å². The number of hydrogen-bond donors (Lipinski definition) is 1. The molecule has 0 aromatic carbocycles. The highest BCUT2D eigenvalue weighted by Gasteiger charge is 2.10. The minimum Gasteiger partial charge on any atom is -0.327 e. The van der Waals surface area contributed by atoms with Gasteiger partial charge in [-0.25, -0.2) is 9.67 Å². The maximum absolute atomic E-state index is 5.97. The summed E-state index contributed by atoms with van der Waals surface area (Å²) in [6.07, 6.45) is 6.81. The van der Waals surface area contributed by atoms with Gasteiger partial charge in [0.15, 0.2) is 5.82 Å². The molecule has 0 fully saturated rings. The van der Waals surface area contributed by atoms with Crippen LogP contribution in [0.1, 0.15) is 18.9 Å². The van der Waals surface area contributed by atoms with E-state index >= 15 is 0 Å². The maximum Gasteiger partial charge on any atom is 0.156 e. The van der Waals surface area contributed by atoms with E-state index in [1.807, 2.05) is 12.1 Å². The summed E-state index contributed by atoms with van der Waals surface area (Å²) >= 11 is 5.86. The lowest BCUT2D eigenvalue weighted by molar-refractivity contribution is 0.639. The molecule has 1 atom stereocenters. The van der Waals surface area contributed by atoms with Crippen molar-refractivity contribution in [2.45, 2.75) is 25.8 Å². The zero-order chi connectivity index (χ0) is 12.3. The zero-order valence-corrected chi connectivity index (χ0v) is 10.4. The molecule has 0 spiro atoms. The monoisotopic (exact) mass is 250 g/mol. The van der Waals surface area contributed by atoms with Gasteiger partial charge in [0.05, 0.1) is 17.4 Å². The average molecular weight is 251 g/mol. The fourth-order valence-electron chi connectivity index (χ4n) is 1.64. The summed E-state index contributed by atoms with van der Waals surface area (Å²) < 4.78 is 1.68. The molecule has 2 heterocycles. The predicted octanol–water partition coefficient (Wildman–Crippen LogP) is 2.20. The van der Waals surface area contributed by atoms with Crippen molar-refractivity contribution in [2.75, 3.05) is 0 Å². The van der Waals surface area contributed by atoms with Crippen LogP contribution >= 0.6 is 11.6 Å². The van der Waals surface area contributed by atoms with E-state index in [1.54, 1.807) is 23.3 Å². The van der Waals surface area contributed by atoms with Gasteiger partial charge in [-0.2, -0.15) is 5.10 Å². The Morgan fingerprint density at radius 1 is 1.53 bits per heavy atom. The van der Waals surface area contributed by atoms with Gasteiger partial charge in [0.2, 0.25) is 0 Å². The SMILES string of the molecule is CCC(N)Cc1cccnc1-n1cc(Cl)cn1. The van der Waals surface area contributed by atoms with Gasteiger partial charge < -0.3 is 5.73 Å². The second kappa shape index (κ2) is 5.29. The molecular formula is C12H15ClN4. The number of halogens is 1. The molecule has 0 radical (unpaired) electrons. The zero-order valence-electron chi connectivity index (χ0n) is 9.68. The average Bonchev–Trinajstić information content (AvgIpc) is 2.76. The van der Waals surface area contributed by atoms with E-state index < -0.39 is 0 Å². The van der Waals surface area contributed by atoms with Crippen molar-refractivity contribution in [1.29, 1.82) is 0 Å². The summed E-state index contributed by atoms with van der Waals surface area (Å²) in [5.74, 6) is 0.795. The summed E-state index contributed by atoms with van der Waals surface area (Å²) in [5.41, 5.74) is 7.06. The number of hydrogen-bond acceptors (Lipinski definition) is 3. The van der Waals surface area contributed by atoms with E-state index in [1.165, 1.54) is 0 Å². The molecule has 1 unspecified atom stereocenters. The lowest BCUT2D eigenvalue weighted by Crippen LogP contribution is -2.22. The molecule has 0 bridgehead atoms. The predicted molar refractivity (Wildman–Crippen MR) is 68.3 cm³/mol. The van der Waals surface area contributed by atoms with E-state index in [9.17, 15) is 0 Å². The third kappa shape index (κ3) is 2.84. The van der Waals surface area contributed by atoms with Gasteiger partial charge >= 0.3 is 0 Å². The van der Waals surface area contributed by atoms with E-state index in [0.717, 1.165) is 24.2 Å². The summed E-state index contributed by atoms with van der Waals surface area (Å²) in [6.45, 7) is 2.07. The number of rotatable bonds is 4. The molecule has 4 nitrogen and oxygen atoms in total.